The van der Waals surface area contributed by atoms with Crippen molar-refractivity contribution in [2.75, 3.05) is 13.6 Å². The predicted octanol–water partition coefficient (Wildman–Crippen LogP) is 11.5. The third-order valence-corrected chi connectivity index (χ3v) is 7.75. The molecule has 1 heteroatoms. The van der Waals surface area contributed by atoms with Crippen molar-refractivity contribution in [2.24, 2.45) is 0 Å². The monoisotopic (exact) mass is 466 g/mol. The minimum Gasteiger partial charge on any atom is -0.304 e. The third-order valence-electron chi connectivity index (χ3n) is 7.75. The van der Waals surface area contributed by atoms with E-state index < -0.39 is 0 Å². The first-order valence-corrected chi connectivity index (χ1v) is 15.9. The van der Waals surface area contributed by atoms with Crippen LogP contribution in [0.5, 0.6) is 0 Å². The fourth-order valence-electron chi connectivity index (χ4n) is 4.94. The Balaban J connectivity index is 3.04. The Hall–Kier alpha value is -0.0400. The van der Waals surface area contributed by atoms with E-state index in [1.54, 1.807) is 0 Å². The second-order valence-corrected chi connectivity index (χ2v) is 11.4. The average molecular weight is 466 g/mol. The van der Waals surface area contributed by atoms with E-state index in [2.05, 4.69) is 32.7 Å². The van der Waals surface area contributed by atoms with Gasteiger partial charge in [0.2, 0.25) is 0 Å². The molecule has 0 heterocycles. The lowest BCUT2D eigenvalue weighted by Crippen LogP contribution is -2.27. The van der Waals surface area contributed by atoms with Crippen LogP contribution in [0.15, 0.2) is 0 Å². The van der Waals surface area contributed by atoms with Crippen molar-refractivity contribution in [3.05, 3.63) is 0 Å². The standard InChI is InChI=1S/C32H67N/c1-5-6-7-8-9-10-11-12-13-14-15-16-17-18-19-20-21-22-23-24-25-26-27-28-29-30-31-33(4)32(2)3/h32H,5-31H2,1-4H3. The van der Waals surface area contributed by atoms with E-state index in [0.29, 0.717) is 6.04 Å². The van der Waals surface area contributed by atoms with E-state index in [0.717, 1.165) is 0 Å². The molecule has 0 aliphatic carbocycles. The lowest BCUT2D eigenvalue weighted by molar-refractivity contribution is 0.267. The summed E-state index contributed by atoms with van der Waals surface area (Å²) in [5, 5.41) is 0. The molecule has 0 aromatic carbocycles. The van der Waals surface area contributed by atoms with Crippen molar-refractivity contribution in [1.82, 2.24) is 4.90 Å². The van der Waals surface area contributed by atoms with E-state index in [1.807, 2.05) is 0 Å². The molecule has 0 bridgehead atoms. The van der Waals surface area contributed by atoms with Crippen molar-refractivity contribution in [3.63, 3.8) is 0 Å². The highest BCUT2D eigenvalue weighted by Gasteiger charge is 2.01. The molecule has 0 spiro atoms. The van der Waals surface area contributed by atoms with Crippen LogP contribution < -0.4 is 0 Å². The fraction of sp³-hybridized carbons (Fsp3) is 1.00. The van der Waals surface area contributed by atoms with Crippen molar-refractivity contribution in [2.45, 2.75) is 194 Å². The van der Waals surface area contributed by atoms with Gasteiger partial charge in [-0.1, -0.05) is 167 Å². The zero-order valence-corrected chi connectivity index (χ0v) is 24.1. The molecule has 0 aliphatic rings. The summed E-state index contributed by atoms with van der Waals surface area (Å²) in [6, 6.07) is 0.698. The summed E-state index contributed by atoms with van der Waals surface area (Å²) in [4.78, 5) is 2.47. The highest BCUT2D eigenvalue weighted by Crippen LogP contribution is 2.16. The van der Waals surface area contributed by atoms with Gasteiger partial charge in [-0.2, -0.15) is 0 Å². The molecule has 0 radical (unpaired) electrons. The summed E-state index contributed by atoms with van der Waals surface area (Å²) in [7, 11) is 2.25. The Kier molecular flexibility index (Phi) is 28.2. The Labute approximate surface area is 212 Å². The number of nitrogens with zero attached hydrogens (tertiary/aromatic N) is 1. The topological polar surface area (TPSA) is 3.24 Å². The lowest BCUT2D eigenvalue weighted by atomic mass is 10.0. The second kappa shape index (κ2) is 28.2. The molecular formula is C32H67N. The Bertz CT molecular complexity index is 337. The van der Waals surface area contributed by atoms with Crippen molar-refractivity contribution in [1.29, 1.82) is 0 Å². The maximum absolute atomic E-state index is 2.47. The highest BCUT2D eigenvalue weighted by atomic mass is 15.1. The Morgan fingerprint density at radius 1 is 0.364 bits per heavy atom. The van der Waals surface area contributed by atoms with E-state index in [4.69, 9.17) is 0 Å². The van der Waals surface area contributed by atoms with Crippen LogP contribution >= 0.6 is 0 Å². The van der Waals surface area contributed by atoms with Crippen LogP contribution in [0.2, 0.25) is 0 Å². The minimum atomic E-state index is 0.698. The highest BCUT2D eigenvalue weighted by molar-refractivity contribution is 4.57. The van der Waals surface area contributed by atoms with Crippen LogP contribution in [0, 0.1) is 0 Å². The third kappa shape index (κ3) is 28.1. The molecule has 0 rings (SSSR count). The normalized spacial score (nSPS) is 11.8. The summed E-state index contributed by atoms with van der Waals surface area (Å²) in [6.45, 7) is 8.16. The zero-order valence-electron chi connectivity index (χ0n) is 24.1. The Morgan fingerprint density at radius 3 is 0.788 bits per heavy atom. The summed E-state index contributed by atoms with van der Waals surface area (Å²) in [5.41, 5.74) is 0. The van der Waals surface area contributed by atoms with Gasteiger partial charge in [0.1, 0.15) is 0 Å². The molecule has 0 fully saturated rings. The van der Waals surface area contributed by atoms with Crippen molar-refractivity contribution >= 4 is 0 Å². The van der Waals surface area contributed by atoms with Gasteiger partial charge >= 0.3 is 0 Å². The quantitative estimate of drug-likeness (QED) is 0.104. The minimum absolute atomic E-state index is 0.698. The van der Waals surface area contributed by atoms with Crippen LogP contribution in [0.3, 0.4) is 0 Å². The Morgan fingerprint density at radius 2 is 0.576 bits per heavy atom. The van der Waals surface area contributed by atoms with Crippen LogP contribution in [0.4, 0.5) is 0 Å². The van der Waals surface area contributed by atoms with Gasteiger partial charge in [0.05, 0.1) is 0 Å². The van der Waals surface area contributed by atoms with Crippen LogP contribution in [-0.2, 0) is 0 Å². The summed E-state index contributed by atoms with van der Waals surface area (Å²) >= 11 is 0. The predicted molar refractivity (Wildman–Crippen MR) is 153 cm³/mol. The molecule has 0 aliphatic heterocycles. The molecule has 0 unspecified atom stereocenters. The van der Waals surface area contributed by atoms with Crippen molar-refractivity contribution < 1.29 is 0 Å². The molecule has 1 nitrogen and oxygen atoms in total. The zero-order chi connectivity index (χ0) is 24.2. The van der Waals surface area contributed by atoms with Gasteiger partial charge in [-0.3, -0.25) is 0 Å². The molecule has 0 amide bonds. The van der Waals surface area contributed by atoms with E-state index in [9.17, 15) is 0 Å². The average Bonchev–Trinajstić information content (AvgIpc) is 2.81. The fourth-order valence-corrected chi connectivity index (χ4v) is 4.94. The first-order chi connectivity index (χ1) is 16.2. The second-order valence-electron chi connectivity index (χ2n) is 11.4. The molecule has 0 N–H and O–H groups in total. The van der Waals surface area contributed by atoms with Crippen LogP contribution in [0.25, 0.3) is 0 Å². The number of hydrogen-bond donors (Lipinski definition) is 0. The van der Waals surface area contributed by atoms with Crippen LogP contribution in [0.1, 0.15) is 188 Å². The number of rotatable bonds is 28. The van der Waals surface area contributed by atoms with E-state index in [-0.39, 0.29) is 0 Å². The number of hydrogen-bond acceptors (Lipinski definition) is 1. The summed E-state index contributed by atoms with van der Waals surface area (Å²) in [6.07, 6.45) is 38.2. The first kappa shape index (κ1) is 33.0. The molecule has 33 heavy (non-hydrogen) atoms. The largest absolute Gasteiger partial charge is 0.304 e. The molecule has 0 saturated carbocycles. The summed E-state index contributed by atoms with van der Waals surface area (Å²) < 4.78 is 0. The molecule has 0 saturated heterocycles. The molecule has 200 valence electrons. The molecule has 0 aromatic rings. The molecule has 0 aromatic heterocycles. The van der Waals surface area contributed by atoms with Gasteiger partial charge in [-0.05, 0) is 33.9 Å². The van der Waals surface area contributed by atoms with Gasteiger partial charge in [0, 0.05) is 6.04 Å². The van der Waals surface area contributed by atoms with E-state index in [1.165, 1.54) is 173 Å². The smallest absolute Gasteiger partial charge is 0.00355 e. The summed E-state index contributed by atoms with van der Waals surface area (Å²) in [5.74, 6) is 0. The van der Waals surface area contributed by atoms with Crippen molar-refractivity contribution in [3.8, 4) is 0 Å². The van der Waals surface area contributed by atoms with Gasteiger partial charge in [-0.15, -0.1) is 0 Å². The van der Waals surface area contributed by atoms with Gasteiger partial charge in [0.15, 0.2) is 0 Å². The maximum Gasteiger partial charge on any atom is 0.00355 e. The van der Waals surface area contributed by atoms with Crippen LogP contribution in [-0.4, -0.2) is 24.5 Å². The lowest BCUT2D eigenvalue weighted by Gasteiger charge is -2.20. The van der Waals surface area contributed by atoms with Gasteiger partial charge in [0.25, 0.3) is 0 Å². The molecule has 0 atom stereocenters. The van der Waals surface area contributed by atoms with Gasteiger partial charge in [-0.25, -0.2) is 0 Å². The first-order valence-electron chi connectivity index (χ1n) is 15.9. The molecular weight excluding hydrogens is 398 g/mol. The maximum atomic E-state index is 2.47. The van der Waals surface area contributed by atoms with E-state index >= 15 is 0 Å². The number of unbranched alkanes of at least 4 members (excludes halogenated alkanes) is 25. The van der Waals surface area contributed by atoms with Gasteiger partial charge < -0.3 is 4.90 Å². The SMILES string of the molecule is CCCCCCCCCCCCCCCCCCCCCCCCCCCCN(C)C(C)C.